The molecule has 0 atom stereocenters. The van der Waals surface area contributed by atoms with Crippen molar-refractivity contribution in [1.29, 1.82) is 0 Å². The van der Waals surface area contributed by atoms with Gasteiger partial charge in [0.1, 0.15) is 4.21 Å². The van der Waals surface area contributed by atoms with E-state index in [1.807, 2.05) is 42.5 Å². The van der Waals surface area contributed by atoms with Gasteiger partial charge in [0.25, 0.3) is 15.9 Å². The normalized spacial score (nSPS) is 17.1. The van der Waals surface area contributed by atoms with Crippen molar-refractivity contribution in [3.63, 3.8) is 0 Å². The lowest BCUT2D eigenvalue weighted by Gasteiger charge is -2.28. The predicted molar refractivity (Wildman–Crippen MR) is 135 cm³/mol. The summed E-state index contributed by atoms with van der Waals surface area (Å²) in [5.41, 5.74) is 3.29. The van der Waals surface area contributed by atoms with E-state index < -0.39 is 10.0 Å². The number of anilines is 2. The molecule has 3 heterocycles. The van der Waals surface area contributed by atoms with Gasteiger partial charge < -0.3 is 15.0 Å². The van der Waals surface area contributed by atoms with Crippen LogP contribution in [0.3, 0.4) is 0 Å². The van der Waals surface area contributed by atoms with Crippen molar-refractivity contribution in [2.75, 3.05) is 49.6 Å². The van der Waals surface area contributed by atoms with Crippen LogP contribution >= 0.6 is 11.3 Å². The summed E-state index contributed by atoms with van der Waals surface area (Å²) in [4.78, 5) is 15.8. The van der Waals surface area contributed by atoms with Crippen molar-refractivity contribution >= 4 is 38.6 Å². The van der Waals surface area contributed by atoms with Crippen molar-refractivity contribution in [2.45, 2.75) is 17.1 Å². The van der Waals surface area contributed by atoms with E-state index in [1.165, 1.54) is 11.3 Å². The van der Waals surface area contributed by atoms with Crippen LogP contribution in [0.25, 0.3) is 10.4 Å². The van der Waals surface area contributed by atoms with E-state index in [9.17, 15) is 13.2 Å². The Morgan fingerprint density at radius 1 is 0.853 bits per heavy atom. The number of carbonyl (C=O) groups excluding carboxylic acids is 1. The smallest absolute Gasteiger partial charge is 0.255 e. The molecule has 34 heavy (non-hydrogen) atoms. The molecule has 178 valence electrons. The zero-order chi connectivity index (χ0) is 23.5. The van der Waals surface area contributed by atoms with E-state index in [0.717, 1.165) is 61.0 Å². The minimum Gasteiger partial charge on any atom is -0.378 e. The third-order valence-corrected chi connectivity index (χ3v) is 9.67. The van der Waals surface area contributed by atoms with Gasteiger partial charge in [0, 0.05) is 48.0 Å². The van der Waals surface area contributed by atoms with Gasteiger partial charge in [-0.05, 0) is 66.9 Å². The summed E-state index contributed by atoms with van der Waals surface area (Å²) < 4.78 is 32.9. The highest BCUT2D eigenvalue weighted by Crippen LogP contribution is 2.33. The Morgan fingerprint density at radius 3 is 2.21 bits per heavy atom. The first-order valence-electron chi connectivity index (χ1n) is 11.5. The molecule has 2 saturated heterocycles. The lowest BCUT2D eigenvalue weighted by Crippen LogP contribution is -2.36. The maximum atomic E-state index is 12.8. The third kappa shape index (κ3) is 4.88. The number of sulfonamides is 1. The fraction of sp³-hybridized carbons (Fsp3) is 0.320. The molecule has 2 aliphatic rings. The number of nitrogens with zero attached hydrogens (tertiary/aromatic N) is 2. The maximum Gasteiger partial charge on any atom is 0.255 e. The van der Waals surface area contributed by atoms with E-state index in [0.29, 0.717) is 22.9 Å². The van der Waals surface area contributed by atoms with E-state index in [2.05, 4.69) is 10.2 Å². The van der Waals surface area contributed by atoms with Crippen LogP contribution in [0, 0.1) is 0 Å². The van der Waals surface area contributed by atoms with Gasteiger partial charge in [0.2, 0.25) is 0 Å². The number of carbonyl (C=O) groups is 1. The van der Waals surface area contributed by atoms with E-state index in [4.69, 9.17) is 4.74 Å². The quantitative estimate of drug-likeness (QED) is 0.550. The lowest BCUT2D eigenvalue weighted by atomic mass is 10.1. The number of benzene rings is 2. The monoisotopic (exact) mass is 497 g/mol. The number of nitrogens with one attached hydrogen (secondary N) is 1. The van der Waals surface area contributed by atoms with Crippen LogP contribution in [0.4, 0.5) is 11.4 Å². The topological polar surface area (TPSA) is 79.0 Å². The second-order valence-electron chi connectivity index (χ2n) is 8.41. The summed E-state index contributed by atoms with van der Waals surface area (Å²) >= 11 is 1.27. The summed E-state index contributed by atoms with van der Waals surface area (Å²) in [6.45, 7) is 4.39. The summed E-state index contributed by atoms with van der Waals surface area (Å²) in [5.74, 6) is -0.186. The van der Waals surface area contributed by atoms with Crippen molar-refractivity contribution in [3.05, 3.63) is 66.2 Å². The van der Waals surface area contributed by atoms with Crippen molar-refractivity contribution in [2.24, 2.45) is 0 Å². The Morgan fingerprint density at radius 2 is 1.53 bits per heavy atom. The Bertz CT molecular complexity index is 1240. The first kappa shape index (κ1) is 23.0. The molecule has 1 amide bonds. The number of ether oxygens (including phenoxy) is 1. The highest BCUT2D eigenvalue weighted by Gasteiger charge is 2.28. The van der Waals surface area contributed by atoms with E-state index >= 15 is 0 Å². The molecular formula is C25H27N3O4S2. The number of thiophene rings is 1. The molecular weight excluding hydrogens is 470 g/mol. The van der Waals surface area contributed by atoms with Crippen LogP contribution in [-0.4, -0.2) is 58.0 Å². The van der Waals surface area contributed by atoms with E-state index in [1.54, 1.807) is 22.5 Å². The van der Waals surface area contributed by atoms with Gasteiger partial charge in [-0.15, -0.1) is 11.3 Å². The molecule has 3 aromatic rings. The molecule has 9 heteroatoms. The molecule has 0 bridgehead atoms. The average molecular weight is 498 g/mol. The van der Waals surface area contributed by atoms with Gasteiger partial charge in [-0.3, -0.25) is 4.79 Å². The van der Waals surface area contributed by atoms with Gasteiger partial charge in [-0.25, -0.2) is 8.42 Å². The Labute approximate surface area is 204 Å². The molecule has 0 spiro atoms. The molecule has 0 aliphatic carbocycles. The molecule has 2 aliphatic heterocycles. The third-order valence-electron chi connectivity index (χ3n) is 6.17. The van der Waals surface area contributed by atoms with Crippen molar-refractivity contribution in [1.82, 2.24) is 4.31 Å². The van der Waals surface area contributed by atoms with Gasteiger partial charge in [-0.1, -0.05) is 12.1 Å². The molecule has 0 unspecified atom stereocenters. The standard InChI is InChI=1S/C25H27N3O4S2/c29-25(26-21-7-9-22(10-8-21)27-15-17-32-18-16-27)20-5-3-19(4-6-20)23-11-12-24(33-23)34(30,31)28-13-1-2-14-28/h3-12H,1-2,13-18H2,(H,26,29). The molecule has 2 fully saturated rings. The Hall–Kier alpha value is -2.72. The zero-order valence-corrected chi connectivity index (χ0v) is 20.4. The van der Waals surface area contributed by atoms with Crippen LogP contribution < -0.4 is 10.2 Å². The number of rotatable bonds is 6. The molecule has 5 rings (SSSR count). The first-order valence-corrected chi connectivity index (χ1v) is 13.7. The average Bonchev–Trinajstić information content (AvgIpc) is 3.59. The van der Waals surface area contributed by atoms with Gasteiger partial charge in [0.05, 0.1) is 13.2 Å². The predicted octanol–water partition coefficient (Wildman–Crippen LogP) is 4.29. The summed E-state index contributed by atoms with van der Waals surface area (Å²) in [5, 5.41) is 2.94. The number of morpholine rings is 1. The number of amides is 1. The van der Waals surface area contributed by atoms with Crippen LogP contribution in [0.15, 0.2) is 64.9 Å². The fourth-order valence-electron chi connectivity index (χ4n) is 4.24. The highest BCUT2D eigenvalue weighted by molar-refractivity contribution is 7.91. The zero-order valence-electron chi connectivity index (χ0n) is 18.8. The molecule has 0 radical (unpaired) electrons. The molecule has 0 saturated carbocycles. The second-order valence-corrected chi connectivity index (χ2v) is 11.7. The fourth-order valence-corrected chi connectivity index (χ4v) is 7.22. The van der Waals surface area contributed by atoms with Crippen molar-refractivity contribution < 1.29 is 17.9 Å². The van der Waals surface area contributed by atoms with Crippen LogP contribution in [0.1, 0.15) is 23.2 Å². The van der Waals surface area contributed by atoms with Gasteiger partial charge in [0.15, 0.2) is 0 Å². The van der Waals surface area contributed by atoms with Crippen LogP contribution in [0.2, 0.25) is 0 Å². The van der Waals surface area contributed by atoms with Crippen LogP contribution in [0.5, 0.6) is 0 Å². The molecule has 1 N–H and O–H groups in total. The minimum atomic E-state index is -3.41. The molecule has 7 nitrogen and oxygen atoms in total. The highest BCUT2D eigenvalue weighted by atomic mass is 32.2. The number of hydrogen-bond acceptors (Lipinski definition) is 6. The lowest BCUT2D eigenvalue weighted by molar-refractivity contribution is 0.102. The maximum absolute atomic E-state index is 12.8. The Balaban J connectivity index is 1.23. The largest absolute Gasteiger partial charge is 0.378 e. The molecule has 2 aromatic carbocycles. The minimum absolute atomic E-state index is 0.186. The summed E-state index contributed by atoms with van der Waals surface area (Å²) in [7, 11) is -3.41. The van der Waals surface area contributed by atoms with Gasteiger partial charge >= 0.3 is 0 Å². The van der Waals surface area contributed by atoms with Crippen LogP contribution in [-0.2, 0) is 14.8 Å². The van der Waals surface area contributed by atoms with Crippen molar-refractivity contribution in [3.8, 4) is 10.4 Å². The SMILES string of the molecule is O=C(Nc1ccc(N2CCOCC2)cc1)c1ccc(-c2ccc(S(=O)(=O)N3CCCC3)s2)cc1. The Kier molecular flexibility index (Phi) is 6.69. The molecule has 1 aromatic heterocycles. The summed E-state index contributed by atoms with van der Waals surface area (Å²) in [6.07, 6.45) is 1.83. The van der Waals surface area contributed by atoms with Gasteiger partial charge in [-0.2, -0.15) is 4.31 Å². The van der Waals surface area contributed by atoms with E-state index in [-0.39, 0.29) is 5.91 Å². The first-order chi connectivity index (χ1) is 16.5. The second kappa shape index (κ2) is 9.87. The summed E-state index contributed by atoms with van der Waals surface area (Å²) in [6, 6.07) is 18.6. The number of hydrogen-bond donors (Lipinski definition) is 1.